The van der Waals surface area contributed by atoms with Gasteiger partial charge in [0.2, 0.25) is 5.91 Å². The Morgan fingerprint density at radius 1 is 0.974 bits per heavy atom. The molecule has 4 aromatic rings. The average molecular weight is 520 g/mol. The number of hydrogen-bond donors (Lipinski definition) is 4. The number of carbonyl (C=O) groups excluding carboxylic acids is 4. The van der Waals surface area contributed by atoms with Crippen molar-refractivity contribution in [2.45, 2.75) is 25.9 Å². The van der Waals surface area contributed by atoms with Gasteiger partial charge < -0.3 is 30.8 Å². The number of aryl methyl sites for hydroxylation is 1. The van der Waals surface area contributed by atoms with Gasteiger partial charge in [0.05, 0.1) is 17.8 Å². The Morgan fingerprint density at radius 3 is 2.29 bits per heavy atom. The minimum absolute atomic E-state index is 0.167. The Hall–Kier alpha value is -5.13. The molecule has 1 unspecified atom stereocenters. The van der Waals surface area contributed by atoms with Crippen molar-refractivity contribution < 1.29 is 33.8 Å². The number of aromatic nitrogens is 2. The summed E-state index contributed by atoms with van der Waals surface area (Å²) in [5.74, 6) is -2.17. The highest BCUT2D eigenvalue weighted by molar-refractivity contribution is 6.20. The number of hydrogen-bond acceptors (Lipinski definition) is 6. The molecule has 2 aromatic heterocycles. The number of ether oxygens (including phenoxy) is 1. The predicted octanol–water partition coefficient (Wildman–Crippen LogP) is 2.93. The van der Waals surface area contributed by atoms with E-state index in [-0.39, 0.29) is 23.8 Å². The highest BCUT2D eigenvalue weighted by atomic mass is 16.5. The monoisotopic (exact) mass is 519 g/mol. The molecule has 0 spiro atoms. The molecule has 0 bridgehead atoms. The van der Waals surface area contributed by atoms with Crippen molar-refractivity contribution in [3.63, 3.8) is 0 Å². The van der Waals surface area contributed by atoms with Gasteiger partial charge in [-0.25, -0.2) is 9.59 Å². The third kappa shape index (κ3) is 5.33. The fraction of sp³-hybridized carbons (Fsp3) is 0.192. The summed E-state index contributed by atoms with van der Waals surface area (Å²) in [5, 5.41) is 15.2. The minimum atomic E-state index is -1.69. The maximum atomic E-state index is 13.4. The van der Waals surface area contributed by atoms with E-state index in [1.54, 1.807) is 59.3 Å². The van der Waals surface area contributed by atoms with Crippen molar-refractivity contribution >= 4 is 57.3 Å². The molecule has 5 N–H and O–H groups in total. The van der Waals surface area contributed by atoms with Crippen LogP contribution in [0.3, 0.4) is 0 Å². The van der Waals surface area contributed by atoms with Crippen molar-refractivity contribution in [2.24, 2.45) is 5.73 Å². The SMILES string of the molecule is CC(=O)OCCCn1cc(C(=O)C(NC(=O)Nc2cn(C(=O)O)c3ccccc23)C(N)=O)c2ccccc21. The molecule has 0 fully saturated rings. The molecule has 1 atom stereocenters. The summed E-state index contributed by atoms with van der Waals surface area (Å²) in [5.41, 5.74) is 6.90. The Labute approximate surface area is 215 Å². The van der Waals surface area contributed by atoms with Crippen molar-refractivity contribution in [1.82, 2.24) is 14.5 Å². The molecule has 38 heavy (non-hydrogen) atoms. The third-order valence-corrected chi connectivity index (χ3v) is 5.89. The fourth-order valence-electron chi connectivity index (χ4n) is 4.23. The third-order valence-electron chi connectivity index (χ3n) is 5.89. The Morgan fingerprint density at radius 2 is 1.63 bits per heavy atom. The predicted molar refractivity (Wildman–Crippen MR) is 138 cm³/mol. The number of fused-ring (bicyclic) bond motifs is 2. The van der Waals surface area contributed by atoms with E-state index in [0.717, 1.165) is 4.57 Å². The van der Waals surface area contributed by atoms with Gasteiger partial charge in [-0.2, -0.15) is 0 Å². The van der Waals surface area contributed by atoms with Gasteiger partial charge in [0, 0.05) is 47.7 Å². The number of esters is 1. The fourth-order valence-corrected chi connectivity index (χ4v) is 4.23. The highest BCUT2D eigenvalue weighted by Crippen LogP contribution is 2.26. The first-order valence-corrected chi connectivity index (χ1v) is 11.6. The number of ketones is 1. The number of amides is 3. The van der Waals surface area contributed by atoms with E-state index in [0.29, 0.717) is 34.8 Å². The number of anilines is 1. The van der Waals surface area contributed by atoms with Crippen LogP contribution in [-0.4, -0.2) is 56.7 Å². The first-order chi connectivity index (χ1) is 18.2. The van der Waals surface area contributed by atoms with E-state index in [1.165, 1.54) is 13.1 Å². The van der Waals surface area contributed by atoms with Gasteiger partial charge in [-0.3, -0.25) is 19.0 Å². The van der Waals surface area contributed by atoms with E-state index >= 15 is 0 Å². The number of nitrogens with one attached hydrogen (secondary N) is 2. The quantitative estimate of drug-likeness (QED) is 0.114. The Balaban J connectivity index is 1.56. The number of nitrogens with two attached hydrogens (primary N) is 1. The molecule has 2 heterocycles. The summed E-state index contributed by atoms with van der Waals surface area (Å²) in [6.07, 6.45) is 2.04. The van der Waals surface area contributed by atoms with Gasteiger partial charge >= 0.3 is 18.1 Å². The molecule has 0 radical (unpaired) electrons. The van der Waals surface area contributed by atoms with Crippen LogP contribution in [0.5, 0.6) is 0 Å². The normalized spacial score (nSPS) is 11.7. The molecule has 0 saturated heterocycles. The molecular formula is C26H25N5O7. The van der Waals surface area contributed by atoms with Crippen molar-refractivity contribution in [3.05, 3.63) is 66.5 Å². The summed E-state index contributed by atoms with van der Waals surface area (Å²) in [7, 11) is 0. The largest absolute Gasteiger partial charge is 0.466 e. The van der Waals surface area contributed by atoms with E-state index in [1.807, 2.05) is 0 Å². The number of urea groups is 1. The van der Waals surface area contributed by atoms with Gasteiger partial charge in [0.15, 0.2) is 11.8 Å². The van der Waals surface area contributed by atoms with Crippen molar-refractivity contribution in [2.75, 3.05) is 11.9 Å². The van der Waals surface area contributed by atoms with E-state index in [9.17, 15) is 29.1 Å². The van der Waals surface area contributed by atoms with Gasteiger partial charge in [-0.05, 0) is 18.6 Å². The standard InChI is InChI=1S/C26H25N5O7/c1-15(32)38-12-6-11-30-13-18(16-7-2-4-9-20(16)30)23(33)22(24(27)34)29-25(35)28-19-14-31(26(36)37)21-10-5-3-8-17(19)21/h2-5,7-10,13-14,22H,6,11-12H2,1H3,(H2,27,34)(H,36,37)(H2,28,29,35). The summed E-state index contributed by atoms with van der Waals surface area (Å²) in [4.78, 5) is 61.0. The zero-order valence-electron chi connectivity index (χ0n) is 20.3. The van der Waals surface area contributed by atoms with Gasteiger partial charge in [-0.1, -0.05) is 36.4 Å². The van der Waals surface area contributed by atoms with E-state index in [2.05, 4.69) is 10.6 Å². The second-order valence-corrected chi connectivity index (χ2v) is 8.46. The van der Waals surface area contributed by atoms with Crippen LogP contribution in [0.4, 0.5) is 15.3 Å². The molecule has 0 saturated carbocycles. The Bertz CT molecular complexity index is 1570. The molecule has 4 rings (SSSR count). The number of para-hydroxylation sites is 2. The van der Waals surface area contributed by atoms with E-state index < -0.39 is 29.9 Å². The molecular weight excluding hydrogens is 494 g/mol. The molecule has 196 valence electrons. The molecule has 0 aliphatic heterocycles. The molecule has 12 nitrogen and oxygen atoms in total. The zero-order chi connectivity index (χ0) is 27.4. The van der Waals surface area contributed by atoms with Crippen LogP contribution in [-0.2, 0) is 20.9 Å². The van der Waals surface area contributed by atoms with Gasteiger partial charge in [-0.15, -0.1) is 0 Å². The number of nitrogens with zero attached hydrogens (tertiary/aromatic N) is 2. The smallest absolute Gasteiger partial charge is 0.416 e. The number of carbonyl (C=O) groups is 5. The maximum absolute atomic E-state index is 13.4. The zero-order valence-corrected chi connectivity index (χ0v) is 20.3. The van der Waals surface area contributed by atoms with Crippen LogP contribution >= 0.6 is 0 Å². The number of carboxylic acid groups (broad SMARTS) is 1. The first-order valence-electron chi connectivity index (χ1n) is 11.6. The second-order valence-electron chi connectivity index (χ2n) is 8.46. The molecule has 12 heteroatoms. The molecule has 3 amide bonds. The summed E-state index contributed by atoms with van der Waals surface area (Å²) in [6.45, 7) is 1.96. The minimum Gasteiger partial charge on any atom is -0.466 e. The molecule has 2 aromatic carbocycles. The number of rotatable bonds is 9. The lowest BCUT2D eigenvalue weighted by Gasteiger charge is -2.14. The number of primary amides is 1. The lowest BCUT2D eigenvalue weighted by Crippen LogP contribution is -2.51. The maximum Gasteiger partial charge on any atom is 0.416 e. The van der Waals surface area contributed by atoms with Crippen LogP contribution in [0.25, 0.3) is 21.8 Å². The van der Waals surface area contributed by atoms with Crippen molar-refractivity contribution in [1.29, 1.82) is 0 Å². The van der Waals surface area contributed by atoms with Gasteiger partial charge in [0.1, 0.15) is 0 Å². The van der Waals surface area contributed by atoms with Crippen molar-refractivity contribution in [3.8, 4) is 0 Å². The number of benzene rings is 2. The second kappa shape index (κ2) is 10.9. The molecule has 0 aliphatic rings. The average Bonchev–Trinajstić information content (AvgIpc) is 3.43. The first kappa shape index (κ1) is 25.9. The summed E-state index contributed by atoms with van der Waals surface area (Å²) < 4.78 is 7.70. The van der Waals surface area contributed by atoms with Crippen LogP contribution in [0.2, 0.25) is 0 Å². The van der Waals surface area contributed by atoms with Crippen LogP contribution in [0.1, 0.15) is 23.7 Å². The Kier molecular flexibility index (Phi) is 7.42. The topological polar surface area (TPSA) is 175 Å². The lowest BCUT2D eigenvalue weighted by molar-refractivity contribution is -0.141. The van der Waals surface area contributed by atoms with Crippen LogP contribution in [0, 0.1) is 0 Å². The van der Waals surface area contributed by atoms with Crippen LogP contribution < -0.4 is 16.4 Å². The highest BCUT2D eigenvalue weighted by Gasteiger charge is 2.30. The summed E-state index contributed by atoms with van der Waals surface area (Å²) >= 11 is 0. The lowest BCUT2D eigenvalue weighted by atomic mass is 10.0. The van der Waals surface area contributed by atoms with Gasteiger partial charge in [0.25, 0.3) is 0 Å². The van der Waals surface area contributed by atoms with E-state index in [4.69, 9.17) is 10.5 Å². The summed E-state index contributed by atoms with van der Waals surface area (Å²) in [6, 6.07) is 11.0. The van der Waals surface area contributed by atoms with Crippen LogP contribution in [0.15, 0.2) is 60.9 Å². The molecule has 0 aliphatic carbocycles. The number of Topliss-reactive ketones (excluding diaryl/α,β-unsaturated/α-hetero) is 1.